The van der Waals surface area contributed by atoms with Gasteiger partial charge >= 0.3 is 0 Å². The minimum atomic E-state index is -1.14. The lowest BCUT2D eigenvalue weighted by Crippen LogP contribution is -2.43. The standard InChI is InChI=1S/C42H52O6/c1-25(2)35-12-11-26(3)9-7-13-42(24-43)32-15-28(5)16-39(46)37-23-38(45)30(21-40(37)47)14-27(4)8-6-10-29(17-32)18-33(42)19-31-20-34(44)22-36(35)41(31)48/h8-9,16-17,20-24,32-33,35,39,44-48H,1,6-7,10-15,18-19H2,2-5H3/b26-9?,27-8-,28-16?. The summed E-state index contributed by atoms with van der Waals surface area (Å²) in [6, 6.07) is 6.29. The number of rotatable bonds is 2. The second-order valence-electron chi connectivity index (χ2n) is 14.8. The van der Waals surface area contributed by atoms with E-state index in [1.807, 2.05) is 20.8 Å². The van der Waals surface area contributed by atoms with Crippen LogP contribution in [0.25, 0.3) is 0 Å². The zero-order valence-electron chi connectivity index (χ0n) is 28.9. The minimum absolute atomic E-state index is 0.0374. The second-order valence-corrected chi connectivity index (χ2v) is 14.8. The summed E-state index contributed by atoms with van der Waals surface area (Å²) in [6.45, 7) is 12.3. The van der Waals surface area contributed by atoms with E-state index in [9.17, 15) is 30.3 Å². The average molecular weight is 653 g/mol. The summed E-state index contributed by atoms with van der Waals surface area (Å²) in [5.74, 6) is -0.166. The monoisotopic (exact) mass is 652 g/mol. The second kappa shape index (κ2) is 14.6. The number of phenols is 4. The molecule has 2 aromatic rings. The fourth-order valence-corrected chi connectivity index (χ4v) is 8.41. The van der Waals surface area contributed by atoms with Crippen molar-refractivity contribution >= 4 is 6.29 Å². The van der Waals surface area contributed by atoms with Gasteiger partial charge in [0.2, 0.25) is 0 Å². The van der Waals surface area contributed by atoms with Crippen LogP contribution < -0.4 is 0 Å². The molecular formula is C42H52O6. The highest BCUT2D eigenvalue weighted by molar-refractivity contribution is 5.63. The van der Waals surface area contributed by atoms with Crippen molar-refractivity contribution in [2.24, 2.45) is 17.3 Å². The Bertz CT molecular complexity index is 1690. The molecule has 0 heterocycles. The summed E-state index contributed by atoms with van der Waals surface area (Å²) in [5.41, 5.74) is 6.74. The summed E-state index contributed by atoms with van der Waals surface area (Å²) < 4.78 is 0. The lowest BCUT2D eigenvalue weighted by atomic mass is 9.56. The molecule has 5 N–H and O–H groups in total. The molecule has 6 rings (SSSR count). The molecule has 256 valence electrons. The Morgan fingerprint density at radius 2 is 1.58 bits per heavy atom. The molecule has 4 aliphatic carbocycles. The van der Waals surface area contributed by atoms with Crippen LogP contribution >= 0.6 is 0 Å². The number of benzene rings is 2. The third kappa shape index (κ3) is 7.49. The van der Waals surface area contributed by atoms with Gasteiger partial charge in [0.25, 0.3) is 0 Å². The molecule has 5 atom stereocenters. The van der Waals surface area contributed by atoms with Gasteiger partial charge in [0.05, 0.1) is 0 Å². The molecule has 0 saturated carbocycles. The van der Waals surface area contributed by atoms with E-state index in [1.165, 1.54) is 23.3 Å². The summed E-state index contributed by atoms with van der Waals surface area (Å²) >= 11 is 0. The fraction of sp³-hybridized carbons (Fsp3) is 0.452. The van der Waals surface area contributed by atoms with Crippen LogP contribution in [-0.2, 0) is 17.6 Å². The molecule has 6 bridgehead atoms. The van der Waals surface area contributed by atoms with E-state index in [1.54, 1.807) is 18.2 Å². The van der Waals surface area contributed by atoms with Crippen LogP contribution in [0.4, 0.5) is 0 Å². The molecule has 48 heavy (non-hydrogen) atoms. The lowest BCUT2D eigenvalue weighted by Gasteiger charge is -2.46. The number of aliphatic hydroxyl groups is 1. The van der Waals surface area contributed by atoms with Gasteiger partial charge in [0, 0.05) is 28.0 Å². The van der Waals surface area contributed by atoms with Crippen molar-refractivity contribution in [2.75, 3.05) is 0 Å². The Morgan fingerprint density at radius 1 is 0.833 bits per heavy atom. The average Bonchev–Trinajstić information content (AvgIpc) is 3.01. The summed E-state index contributed by atoms with van der Waals surface area (Å²) in [4.78, 5) is 13.6. The molecular weight excluding hydrogens is 600 g/mol. The number of fused-ring (bicyclic) bond motifs is 10. The van der Waals surface area contributed by atoms with Gasteiger partial charge in [0.1, 0.15) is 35.4 Å². The van der Waals surface area contributed by atoms with Gasteiger partial charge in [-0.3, -0.25) is 0 Å². The zero-order chi connectivity index (χ0) is 34.7. The van der Waals surface area contributed by atoms with Gasteiger partial charge in [0.15, 0.2) is 0 Å². The van der Waals surface area contributed by atoms with E-state index in [2.05, 4.69) is 31.7 Å². The van der Waals surface area contributed by atoms with Crippen molar-refractivity contribution in [1.82, 2.24) is 0 Å². The first-order chi connectivity index (χ1) is 22.8. The molecule has 0 radical (unpaired) electrons. The van der Waals surface area contributed by atoms with Gasteiger partial charge in [-0.05, 0) is 134 Å². The van der Waals surface area contributed by atoms with Gasteiger partial charge in [-0.2, -0.15) is 0 Å². The van der Waals surface area contributed by atoms with Gasteiger partial charge in [-0.15, -0.1) is 0 Å². The number of hydrogen-bond acceptors (Lipinski definition) is 6. The van der Waals surface area contributed by atoms with Crippen LogP contribution in [0.15, 0.2) is 83.0 Å². The normalized spacial score (nSPS) is 28.2. The van der Waals surface area contributed by atoms with Crippen molar-refractivity contribution in [3.05, 3.63) is 105 Å². The molecule has 6 heteroatoms. The van der Waals surface area contributed by atoms with Crippen molar-refractivity contribution in [3.8, 4) is 23.0 Å². The van der Waals surface area contributed by atoms with Crippen LogP contribution in [0.3, 0.4) is 0 Å². The highest BCUT2D eigenvalue weighted by Gasteiger charge is 2.47. The minimum Gasteiger partial charge on any atom is -0.508 e. The van der Waals surface area contributed by atoms with E-state index in [0.29, 0.717) is 48.8 Å². The SMILES string of the molecule is C=C(C)C1CCC(C)=CCCC2(C=O)C3C=C(CC/C=C(/C)Cc4cc(O)c(cc4O)C(O)C=C(C)C3)CC2Cc2cc(O)cc1c2O. The van der Waals surface area contributed by atoms with Crippen LogP contribution in [0, 0.1) is 17.3 Å². The molecule has 6 nitrogen and oxygen atoms in total. The molecule has 0 aromatic heterocycles. The molecule has 0 aliphatic heterocycles. The largest absolute Gasteiger partial charge is 0.508 e. The zero-order valence-corrected chi connectivity index (χ0v) is 28.9. The third-order valence-corrected chi connectivity index (χ3v) is 11.1. The Balaban J connectivity index is 1.64. The third-order valence-electron chi connectivity index (χ3n) is 11.1. The van der Waals surface area contributed by atoms with Crippen molar-refractivity contribution < 1.29 is 30.3 Å². The van der Waals surface area contributed by atoms with Crippen LogP contribution in [-0.4, -0.2) is 31.8 Å². The summed E-state index contributed by atoms with van der Waals surface area (Å²) in [6.07, 6.45) is 15.1. The molecule has 0 fully saturated rings. The Hall–Kier alpha value is -4.03. The number of aldehydes is 1. The van der Waals surface area contributed by atoms with Crippen LogP contribution in [0.5, 0.6) is 23.0 Å². The Kier molecular flexibility index (Phi) is 10.7. The highest BCUT2D eigenvalue weighted by Crippen LogP contribution is 2.52. The first-order valence-corrected chi connectivity index (χ1v) is 17.4. The molecule has 4 aliphatic rings. The maximum atomic E-state index is 13.6. The lowest BCUT2D eigenvalue weighted by molar-refractivity contribution is -0.123. The number of carbonyl (C=O) groups excluding carboxylic acids is 1. The maximum Gasteiger partial charge on any atom is 0.127 e. The fourth-order valence-electron chi connectivity index (χ4n) is 8.41. The molecule has 2 aromatic carbocycles. The van der Waals surface area contributed by atoms with Crippen LogP contribution in [0.2, 0.25) is 0 Å². The van der Waals surface area contributed by atoms with Gasteiger partial charge < -0.3 is 30.3 Å². The summed E-state index contributed by atoms with van der Waals surface area (Å²) in [7, 11) is 0. The topological polar surface area (TPSA) is 118 Å². The molecule has 5 unspecified atom stereocenters. The van der Waals surface area contributed by atoms with Crippen molar-refractivity contribution in [2.45, 2.75) is 104 Å². The van der Waals surface area contributed by atoms with Gasteiger partial charge in [-0.25, -0.2) is 0 Å². The number of aliphatic hydroxyl groups excluding tert-OH is 1. The molecule has 0 saturated heterocycles. The van der Waals surface area contributed by atoms with E-state index in [4.69, 9.17) is 0 Å². The number of allylic oxidation sites excluding steroid dienone is 8. The number of phenolic OH excluding ortho intramolecular Hbond substituents is 4. The first kappa shape index (κ1) is 35.3. The maximum absolute atomic E-state index is 13.6. The Labute approximate surface area is 285 Å². The van der Waals surface area contributed by atoms with Crippen molar-refractivity contribution in [1.29, 1.82) is 0 Å². The predicted octanol–water partition coefficient (Wildman–Crippen LogP) is 9.33. The van der Waals surface area contributed by atoms with Crippen LogP contribution in [0.1, 0.15) is 113 Å². The number of carbonyl (C=O) groups is 1. The molecule has 0 spiro atoms. The number of aromatic hydroxyl groups is 4. The van der Waals surface area contributed by atoms with Gasteiger partial charge in [-0.1, -0.05) is 58.7 Å². The van der Waals surface area contributed by atoms with E-state index < -0.39 is 11.5 Å². The first-order valence-electron chi connectivity index (χ1n) is 17.4. The predicted molar refractivity (Wildman–Crippen MR) is 191 cm³/mol. The van der Waals surface area contributed by atoms with E-state index in [-0.39, 0.29) is 46.3 Å². The van der Waals surface area contributed by atoms with Crippen molar-refractivity contribution in [3.63, 3.8) is 0 Å². The molecule has 0 amide bonds. The summed E-state index contributed by atoms with van der Waals surface area (Å²) in [5, 5.41) is 55.4. The van der Waals surface area contributed by atoms with E-state index in [0.717, 1.165) is 55.1 Å². The van der Waals surface area contributed by atoms with E-state index >= 15 is 0 Å². The quantitative estimate of drug-likeness (QED) is 0.125. The highest BCUT2D eigenvalue weighted by atomic mass is 16.3. The Morgan fingerprint density at radius 3 is 2.31 bits per heavy atom. The number of hydrogen-bond donors (Lipinski definition) is 5. The smallest absolute Gasteiger partial charge is 0.127 e.